The Kier molecular flexibility index (Phi) is 3.78. The summed E-state index contributed by atoms with van der Waals surface area (Å²) in [5.74, 6) is -0.0265. The van der Waals surface area contributed by atoms with Crippen LogP contribution in [0.3, 0.4) is 0 Å². The molecule has 0 radical (unpaired) electrons. The van der Waals surface area contributed by atoms with Crippen LogP contribution >= 0.6 is 15.9 Å². The molecule has 0 bridgehead atoms. The zero-order valence-corrected chi connectivity index (χ0v) is 10.9. The lowest BCUT2D eigenvalue weighted by atomic mass is 10.2. The molecule has 0 aromatic heterocycles. The number of carbonyl (C=O) groups is 2. The van der Waals surface area contributed by atoms with Crippen molar-refractivity contribution < 1.29 is 9.59 Å². The van der Waals surface area contributed by atoms with Crippen LogP contribution in [0.15, 0.2) is 28.7 Å². The molecule has 1 fully saturated rings. The molecule has 17 heavy (non-hydrogen) atoms. The van der Waals surface area contributed by atoms with Gasteiger partial charge in [0.15, 0.2) is 0 Å². The van der Waals surface area contributed by atoms with Crippen molar-refractivity contribution in [1.29, 1.82) is 0 Å². The summed E-state index contributed by atoms with van der Waals surface area (Å²) in [6, 6.07) is 7.33. The van der Waals surface area contributed by atoms with E-state index in [1.54, 1.807) is 11.0 Å². The van der Waals surface area contributed by atoms with Crippen molar-refractivity contribution in [2.24, 2.45) is 0 Å². The fraction of sp³-hybridized carbons (Fsp3) is 0.333. The molecule has 4 nitrogen and oxygen atoms in total. The van der Waals surface area contributed by atoms with Crippen molar-refractivity contribution in [2.75, 3.05) is 19.6 Å². The molecule has 0 saturated carbocycles. The number of carbonyl (C=O) groups excluding carboxylic acids is 2. The zero-order chi connectivity index (χ0) is 12.3. The van der Waals surface area contributed by atoms with Gasteiger partial charge in [-0.15, -0.1) is 0 Å². The summed E-state index contributed by atoms with van der Waals surface area (Å²) in [6.45, 7) is 1.56. The second kappa shape index (κ2) is 5.31. The maximum atomic E-state index is 12.2. The average molecular weight is 297 g/mol. The maximum Gasteiger partial charge on any atom is 0.255 e. The summed E-state index contributed by atoms with van der Waals surface area (Å²) in [4.78, 5) is 25.1. The minimum absolute atomic E-state index is 0.00688. The Morgan fingerprint density at radius 2 is 2.06 bits per heavy atom. The van der Waals surface area contributed by atoms with Crippen molar-refractivity contribution in [2.45, 2.75) is 6.42 Å². The van der Waals surface area contributed by atoms with Gasteiger partial charge in [0.2, 0.25) is 5.91 Å². The molecule has 1 N–H and O–H groups in total. The molecule has 1 aliphatic heterocycles. The van der Waals surface area contributed by atoms with Gasteiger partial charge in [-0.2, -0.15) is 0 Å². The van der Waals surface area contributed by atoms with Gasteiger partial charge in [0.05, 0.1) is 5.56 Å². The Morgan fingerprint density at radius 3 is 2.82 bits per heavy atom. The lowest BCUT2D eigenvalue weighted by molar-refractivity contribution is -0.120. The first-order valence-electron chi connectivity index (χ1n) is 5.49. The van der Waals surface area contributed by atoms with E-state index in [9.17, 15) is 9.59 Å². The summed E-state index contributed by atoms with van der Waals surface area (Å²) in [5, 5.41) is 2.75. The monoisotopic (exact) mass is 296 g/mol. The summed E-state index contributed by atoms with van der Waals surface area (Å²) >= 11 is 3.36. The quantitative estimate of drug-likeness (QED) is 0.852. The van der Waals surface area contributed by atoms with E-state index in [1.807, 2.05) is 18.2 Å². The molecule has 2 rings (SSSR count). The Hall–Kier alpha value is -1.36. The Morgan fingerprint density at radius 1 is 1.29 bits per heavy atom. The van der Waals surface area contributed by atoms with Gasteiger partial charge in [-0.1, -0.05) is 12.1 Å². The molecular formula is C12H13BrN2O2. The van der Waals surface area contributed by atoms with E-state index in [-0.39, 0.29) is 11.8 Å². The highest BCUT2D eigenvalue weighted by molar-refractivity contribution is 9.10. The van der Waals surface area contributed by atoms with E-state index in [0.717, 1.165) is 4.47 Å². The van der Waals surface area contributed by atoms with Crippen LogP contribution in [0.25, 0.3) is 0 Å². The first-order valence-corrected chi connectivity index (χ1v) is 6.28. The number of rotatable bonds is 1. The molecule has 1 aromatic carbocycles. The number of nitrogens with zero attached hydrogens (tertiary/aromatic N) is 1. The molecule has 1 heterocycles. The fourth-order valence-electron chi connectivity index (χ4n) is 1.78. The molecule has 0 unspecified atom stereocenters. The van der Waals surface area contributed by atoms with Gasteiger partial charge < -0.3 is 10.2 Å². The van der Waals surface area contributed by atoms with Crippen molar-refractivity contribution >= 4 is 27.7 Å². The minimum atomic E-state index is -0.0334. The molecule has 0 atom stereocenters. The number of hydrogen-bond donors (Lipinski definition) is 1. The standard InChI is InChI=1S/C12H13BrN2O2/c13-10-4-2-1-3-9(10)12(17)15-7-5-11(16)14-6-8-15/h1-4H,5-8H2,(H,14,16). The third-order valence-corrected chi connectivity index (χ3v) is 3.40. The Balaban J connectivity index is 2.14. The van der Waals surface area contributed by atoms with Crippen molar-refractivity contribution in [3.05, 3.63) is 34.3 Å². The van der Waals surface area contributed by atoms with Gasteiger partial charge in [0.1, 0.15) is 0 Å². The van der Waals surface area contributed by atoms with Gasteiger partial charge >= 0.3 is 0 Å². The second-order valence-electron chi connectivity index (χ2n) is 3.87. The fourth-order valence-corrected chi connectivity index (χ4v) is 2.23. The topological polar surface area (TPSA) is 49.4 Å². The Labute approximate surface area is 108 Å². The maximum absolute atomic E-state index is 12.2. The molecule has 1 aliphatic rings. The predicted molar refractivity (Wildman–Crippen MR) is 67.7 cm³/mol. The largest absolute Gasteiger partial charge is 0.354 e. The SMILES string of the molecule is O=C1CCN(C(=O)c2ccccc2Br)CCN1. The van der Waals surface area contributed by atoms with Crippen LogP contribution in [0.2, 0.25) is 0 Å². The van der Waals surface area contributed by atoms with E-state index >= 15 is 0 Å². The van der Waals surface area contributed by atoms with Gasteiger partial charge in [0, 0.05) is 30.5 Å². The zero-order valence-electron chi connectivity index (χ0n) is 9.28. The van der Waals surface area contributed by atoms with E-state index in [4.69, 9.17) is 0 Å². The molecule has 2 amide bonds. The third-order valence-electron chi connectivity index (χ3n) is 2.70. The van der Waals surface area contributed by atoms with Crippen LogP contribution in [0, 0.1) is 0 Å². The van der Waals surface area contributed by atoms with Crippen molar-refractivity contribution in [3.8, 4) is 0 Å². The average Bonchev–Trinajstić information content (AvgIpc) is 2.54. The molecule has 0 aliphatic carbocycles. The highest BCUT2D eigenvalue weighted by atomic mass is 79.9. The number of amides is 2. The van der Waals surface area contributed by atoms with Crippen LogP contribution < -0.4 is 5.32 Å². The van der Waals surface area contributed by atoms with Crippen molar-refractivity contribution in [1.82, 2.24) is 10.2 Å². The summed E-state index contributed by atoms with van der Waals surface area (Å²) in [5.41, 5.74) is 0.641. The van der Waals surface area contributed by atoms with Gasteiger partial charge in [0.25, 0.3) is 5.91 Å². The molecule has 0 spiro atoms. The number of benzene rings is 1. The first kappa shape index (κ1) is 12.1. The smallest absolute Gasteiger partial charge is 0.255 e. The van der Waals surface area contributed by atoms with Crippen LogP contribution in [0.5, 0.6) is 0 Å². The van der Waals surface area contributed by atoms with E-state index in [1.165, 1.54) is 0 Å². The molecule has 1 aromatic rings. The summed E-state index contributed by atoms with van der Waals surface area (Å²) in [7, 11) is 0. The van der Waals surface area contributed by atoms with Crippen LogP contribution in [0.4, 0.5) is 0 Å². The minimum Gasteiger partial charge on any atom is -0.354 e. The van der Waals surface area contributed by atoms with E-state index in [2.05, 4.69) is 21.2 Å². The van der Waals surface area contributed by atoms with Gasteiger partial charge in [-0.05, 0) is 28.1 Å². The number of hydrogen-bond acceptors (Lipinski definition) is 2. The Bertz CT molecular complexity index is 448. The number of nitrogens with one attached hydrogen (secondary N) is 1. The molecule has 90 valence electrons. The van der Waals surface area contributed by atoms with E-state index in [0.29, 0.717) is 31.6 Å². The summed E-state index contributed by atoms with van der Waals surface area (Å²) in [6.07, 6.45) is 0.371. The van der Waals surface area contributed by atoms with Crippen LogP contribution in [-0.4, -0.2) is 36.3 Å². The normalized spacial score (nSPS) is 16.3. The lowest BCUT2D eigenvalue weighted by Crippen LogP contribution is -2.34. The van der Waals surface area contributed by atoms with Crippen LogP contribution in [0.1, 0.15) is 16.8 Å². The third kappa shape index (κ3) is 2.85. The van der Waals surface area contributed by atoms with Gasteiger partial charge in [-0.25, -0.2) is 0 Å². The second-order valence-corrected chi connectivity index (χ2v) is 4.73. The highest BCUT2D eigenvalue weighted by Gasteiger charge is 2.20. The molecular weight excluding hydrogens is 284 g/mol. The molecule has 1 saturated heterocycles. The summed E-state index contributed by atoms with van der Waals surface area (Å²) < 4.78 is 0.786. The van der Waals surface area contributed by atoms with Crippen LogP contribution in [-0.2, 0) is 4.79 Å². The molecule has 5 heteroatoms. The lowest BCUT2D eigenvalue weighted by Gasteiger charge is -2.20. The van der Waals surface area contributed by atoms with Crippen molar-refractivity contribution in [3.63, 3.8) is 0 Å². The van der Waals surface area contributed by atoms with E-state index < -0.39 is 0 Å². The predicted octanol–water partition coefficient (Wildman–Crippen LogP) is 1.41. The van der Waals surface area contributed by atoms with Gasteiger partial charge in [-0.3, -0.25) is 9.59 Å². The number of halogens is 1. The highest BCUT2D eigenvalue weighted by Crippen LogP contribution is 2.18. The first-order chi connectivity index (χ1) is 8.18.